The number of carbonyl (C=O) groups excluding carboxylic acids is 2. The highest BCUT2D eigenvalue weighted by atomic mass is 19.1. The van der Waals surface area contributed by atoms with Crippen LogP contribution in [0.3, 0.4) is 0 Å². The molecule has 1 aliphatic heterocycles. The highest BCUT2D eigenvalue weighted by molar-refractivity contribution is 6.01. The Hall–Kier alpha value is -3.87. The van der Waals surface area contributed by atoms with Gasteiger partial charge in [0, 0.05) is 19.2 Å². The maximum absolute atomic E-state index is 13.5. The van der Waals surface area contributed by atoms with Crippen LogP contribution in [-0.4, -0.2) is 38.0 Å². The number of hydrogen-bond donors (Lipinski definition) is 1. The van der Waals surface area contributed by atoms with Gasteiger partial charge in [-0.05, 0) is 47.0 Å². The second-order valence-corrected chi connectivity index (χ2v) is 7.88. The zero-order valence-corrected chi connectivity index (χ0v) is 18.7. The summed E-state index contributed by atoms with van der Waals surface area (Å²) in [7, 11) is 4.79. The van der Waals surface area contributed by atoms with E-state index in [0.29, 0.717) is 22.6 Å². The van der Waals surface area contributed by atoms with Crippen molar-refractivity contribution in [2.24, 2.45) is 0 Å². The van der Waals surface area contributed by atoms with Crippen molar-refractivity contribution >= 4 is 11.8 Å². The standard InChI is InChI=1S/C26H25FN2O4/c1-29-24(17-10-13-21(32-2)22(14-17)33-3)23(19-6-4-5-7-20(19)26(29)31)25(30)28-15-16-8-11-18(27)12-9-16/h4-14,23-24H,15H2,1-3H3,(H,28,30)/t23-,24+/m0/s1. The van der Waals surface area contributed by atoms with Gasteiger partial charge >= 0.3 is 0 Å². The third kappa shape index (κ3) is 4.26. The number of hydrogen-bond acceptors (Lipinski definition) is 4. The SMILES string of the molecule is COc1ccc([C@@H]2[C@@H](C(=O)NCc3ccc(F)cc3)c3ccccc3C(=O)N2C)cc1OC. The molecule has 1 aliphatic rings. The van der Waals surface area contributed by atoms with Crippen LogP contribution in [0, 0.1) is 5.82 Å². The molecule has 0 aliphatic carbocycles. The first-order valence-corrected chi connectivity index (χ1v) is 10.5. The van der Waals surface area contributed by atoms with Gasteiger partial charge in [0.25, 0.3) is 5.91 Å². The fraction of sp³-hybridized carbons (Fsp3) is 0.231. The molecule has 170 valence electrons. The van der Waals surface area contributed by atoms with Gasteiger partial charge in [-0.25, -0.2) is 4.39 Å². The number of rotatable bonds is 6. The van der Waals surface area contributed by atoms with Gasteiger partial charge in [-0.15, -0.1) is 0 Å². The molecular formula is C26H25FN2O4. The van der Waals surface area contributed by atoms with Crippen molar-refractivity contribution in [3.63, 3.8) is 0 Å². The van der Waals surface area contributed by atoms with Crippen molar-refractivity contribution in [3.05, 3.63) is 94.8 Å². The molecule has 3 aromatic carbocycles. The minimum atomic E-state index is -0.651. The lowest BCUT2D eigenvalue weighted by Gasteiger charge is -2.40. The van der Waals surface area contributed by atoms with E-state index < -0.39 is 12.0 Å². The van der Waals surface area contributed by atoms with E-state index in [1.54, 1.807) is 62.6 Å². The predicted octanol–water partition coefficient (Wildman–Crippen LogP) is 4.07. The molecule has 0 saturated heterocycles. The Kier molecular flexibility index (Phi) is 6.31. The van der Waals surface area contributed by atoms with Gasteiger partial charge in [0.2, 0.25) is 5.91 Å². The number of carbonyl (C=O) groups is 2. The largest absolute Gasteiger partial charge is 0.493 e. The van der Waals surface area contributed by atoms with Gasteiger partial charge in [0.15, 0.2) is 11.5 Å². The third-order valence-corrected chi connectivity index (χ3v) is 5.99. The summed E-state index contributed by atoms with van der Waals surface area (Å²) in [4.78, 5) is 28.3. The van der Waals surface area contributed by atoms with E-state index in [1.165, 1.54) is 12.1 Å². The summed E-state index contributed by atoms with van der Waals surface area (Å²) >= 11 is 0. The van der Waals surface area contributed by atoms with Crippen molar-refractivity contribution in [1.82, 2.24) is 10.2 Å². The fourth-order valence-corrected chi connectivity index (χ4v) is 4.31. The number of benzene rings is 3. The second kappa shape index (κ2) is 9.32. The molecule has 0 aromatic heterocycles. The number of likely N-dealkylation sites (N-methyl/N-ethyl adjacent to an activating group) is 1. The summed E-state index contributed by atoms with van der Waals surface area (Å²) in [6.07, 6.45) is 0. The van der Waals surface area contributed by atoms with Gasteiger partial charge in [-0.3, -0.25) is 9.59 Å². The number of nitrogens with zero attached hydrogens (tertiary/aromatic N) is 1. The second-order valence-electron chi connectivity index (χ2n) is 7.88. The van der Waals surface area contributed by atoms with Crippen LogP contribution in [-0.2, 0) is 11.3 Å². The van der Waals surface area contributed by atoms with E-state index >= 15 is 0 Å². The molecule has 33 heavy (non-hydrogen) atoms. The maximum atomic E-state index is 13.5. The highest BCUT2D eigenvalue weighted by Gasteiger charge is 2.42. The molecule has 1 N–H and O–H groups in total. The molecule has 4 rings (SSSR count). The third-order valence-electron chi connectivity index (χ3n) is 5.99. The molecule has 0 fully saturated rings. The summed E-state index contributed by atoms with van der Waals surface area (Å²) < 4.78 is 24.0. The number of ether oxygens (including phenoxy) is 2. The minimum Gasteiger partial charge on any atom is -0.493 e. The molecule has 1 heterocycles. The fourth-order valence-electron chi connectivity index (χ4n) is 4.31. The monoisotopic (exact) mass is 448 g/mol. The van der Waals surface area contributed by atoms with E-state index in [4.69, 9.17) is 9.47 Å². The van der Waals surface area contributed by atoms with Gasteiger partial charge in [-0.1, -0.05) is 36.4 Å². The molecule has 0 bridgehead atoms. The Morgan fingerprint density at radius 2 is 1.70 bits per heavy atom. The summed E-state index contributed by atoms with van der Waals surface area (Å²) in [5, 5.41) is 2.96. The smallest absolute Gasteiger partial charge is 0.254 e. The Labute approximate surface area is 191 Å². The number of nitrogens with one attached hydrogen (secondary N) is 1. The first-order chi connectivity index (χ1) is 15.9. The van der Waals surface area contributed by atoms with Crippen molar-refractivity contribution in [2.75, 3.05) is 21.3 Å². The van der Waals surface area contributed by atoms with Gasteiger partial charge in [-0.2, -0.15) is 0 Å². The lowest BCUT2D eigenvalue weighted by atomic mass is 9.79. The zero-order chi connectivity index (χ0) is 23.5. The first kappa shape index (κ1) is 22.3. The van der Waals surface area contributed by atoms with E-state index in [9.17, 15) is 14.0 Å². The Bertz CT molecular complexity index is 1180. The minimum absolute atomic E-state index is 0.159. The van der Waals surface area contributed by atoms with Crippen molar-refractivity contribution in [1.29, 1.82) is 0 Å². The van der Waals surface area contributed by atoms with Gasteiger partial charge in [0.05, 0.1) is 26.2 Å². The molecule has 0 radical (unpaired) electrons. The first-order valence-electron chi connectivity index (χ1n) is 10.5. The molecule has 0 spiro atoms. The normalized spacial score (nSPS) is 17.3. The highest BCUT2D eigenvalue weighted by Crippen LogP contribution is 2.44. The number of fused-ring (bicyclic) bond motifs is 1. The lowest BCUT2D eigenvalue weighted by Crippen LogP contribution is -2.45. The maximum Gasteiger partial charge on any atom is 0.254 e. The summed E-state index contributed by atoms with van der Waals surface area (Å²) in [5.74, 6) is -0.301. The Morgan fingerprint density at radius 3 is 2.39 bits per heavy atom. The van der Waals surface area contributed by atoms with Gasteiger partial charge < -0.3 is 19.7 Å². The van der Waals surface area contributed by atoms with Crippen LogP contribution < -0.4 is 14.8 Å². The molecule has 2 atom stereocenters. The molecule has 2 amide bonds. The van der Waals surface area contributed by atoms with E-state index in [1.807, 2.05) is 18.2 Å². The average Bonchev–Trinajstić information content (AvgIpc) is 2.85. The number of methoxy groups -OCH3 is 2. The van der Waals surface area contributed by atoms with Crippen molar-refractivity contribution in [3.8, 4) is 11.5 Å². The summed E-state index contributed by atoms with van der Waals surface area (Å²) in [6, 6.07) is 18.0. The molecule has 3 aromatic rings. The summed E-state index contributed by atoms with van der Waals surface area (Å²) in [6.45, 7) is 0.244. The molecule has 6 nitrogen and oxygen atoms in total. The van der Waals surface area contributed by atoms with E-state index in [2.05, 4.69) is 5.32 Å². The van der Waals surface area contributed by atoms with Crippen LogP contribution in [0.2, 0.25) is 0 Å². The number of halogens is 1. The quantitative estimate of drug-likeness (QED) is 0.617. The topological polar surface area (TPSA) is 67.9 Å². The van der Waals surface area contributed by atoms with Crippen LogP contribution >= 0.6 is 0 Å². The van der Waals surface area contributed by atoms with Crippen LogP contribution in [0.1, 0.15) is 39.0 Å². The van der Waals surface area contributed by atoms with Crippen LogP contribution in [0.5, 0.6) is 11.5 Å². The zero-order valence-electron chi connectivity index (χ0n) is 18.7. The molecular weight excluding hydrogens is 423 g/mol. The van der Waals surface area contributed by atoms with Crippen molar-refractivity contribution in [2.45, 2.75) is 18.5 Å². The van der Waals surface area contributed by atoms with Gasteiger partial charge in [0.1, 0.15) is 5.82 Å². The summed E-state index contributed by atoms with van der Waals surface area (Å²) in [5.41, 5.74) is 2.69. The lowest BCUT2D eigenvalue weighted by molar-refractivity contribution is -0.124. The van der Waals surface area contributed by atoms with E-state index in [0.717, 1.165) is 11.1 Å². The van der Waals surface area contributed by atoms with Crippen LogP contribution in [0.15, 0.2) is 66.7 Å². The number of amides is 2. The Morgan fingerprint density at radius 1 is 1.00 bits per heavy atom. The van der Waals surface area contributed by atoms with Crippen LogP contribution in [0.4, 0.5) is 4.39 Å². The Balaban J connectivity index is 1.74. The average molecular weight is 448 g/mol. The molecule has 7 heteroatoms. The molecule has 0 saturated carbocycles. The van der Waals surface area contributed by atoms with Crippen LogP contribution in [0.25, 0.3) is 0 Å². The van der Waals surface area contributed by atoms with E-state index in [-0.39, 0.29) is 24.2 Å². The molecule has 0 unspecified atom stereocenters. The van der Waals surface area contributed by atoms with Crippen molar-refractivity contribution < 1.29 is 23.5 Å². The predicted molar refractivity (Wildman–Crippen MR) is 122 cm³/mol.